The molecule has 14 heavy (non-hydrogen) atoms. The van der Waals surface area contributed by atoms with E-state index in [1.54, 1.807) is 11.8 Å². The topological polar surface area (TPSA) is 61.8 Å². The van der Waals surface area contributed by atoms with Gasteiger partial charge in [0.15, 0.2) is 0 Å². The lowest BCUT2D eigenvalue weighted by atomic mass is 10.4. The van der Waals surface area contributed by atoms with Gasteiger partial charge in [0.05, 0.1) is 10.6 Å². The quantitative estimate of drug-likeness (QED) is 0.776. The molecule has 0 aromatic carbocycles. The molecule has 0 unspecified atom stereocenters. The van der Waals surface area contributed by atoms with E-state index in [1.807, 2.05) is 6.26 Å². The van der Waals surface area contributed by atoms with E-state index < -0.39 is 0 Å². The third kappa shape index (κ3) is 1.68. The Balaban J connectivity index is 2.32. The Labute approximate surface area is 91.3 Å². The SMILES string of the molecule is CSc1c(NC2CC2)sc(C#N)c1N. The molecule has 1 aromatic rings. The Hall–Kier alpha value is -0.860. The molecule has 1 heterocycles. The number of rotatable bonds is 3. The number of hydrogen-bond acceptors (Lipinski definition) is 5. The van der Waals surface area contributed by atoms with Crippen molar-refractivity contribution in [2.45, 2.75) is 23.8 Å². The minimum absolute atomic E-state index is 0.602. The zero-order valence-electron chi connectivity index (χ0n) is 7.83. The van der Waals surface area contributed by atoms with Crippen molar-refractivity contribution in [1.29, 1.82) is 5.26 Å². The molecule has 0 bridgehead atoms. The molecule has 2 rings (SSSR count). The summed E-state index contributed by atoms with van der Waals surface area (Å²) < 4.78 is 0. The van der Waals surface area contributed by atoms with Crippen molar-refractivity contribution in [1.82, 2.24) is 0 Å². The Morgan fingerprint density at radius 3 is 2.86 bits per heavy atom. The maximum absolute atomic E-state index is 8.84. The van der Waals surface area contributed by atoms with E-state index in [2.05, 4.69) is 11.4 Å². The van der Waals surface area contributed by atoms with Crippen LogP contribution in [0.15, 0.2) is 4.90 Å². The van der Waals surface area contributed by atoms with E-state index in [0.29, 0.717) is 16.6 Å². The van der Waals surface area contributed by atoms with Crippen LogP contribution in [0, 0.1) is 11.3 Å². The molecule has 1 aromatic heterocycles. The van der Waals surface area contributed by atoms with Crippen LogP contribution in [0.25, 0.3) is 0 Å². The molecule has 0 atom stereocenters. The highest BCUT2D eigenvalue weighted by atomic mass is 32.2. The summed E-state index contributed by atoms with van der Waals surface area (Å²) in [6.07, 6.45) is 4.44. The summed E-state index contributed by atoms with van der Waals surface area (Å²) in [5.74, 6) is 0. The van der Waals surface area contributed by atoms with E-state index >= 15 is 0 Å². The van der Waals surface area contributed by atoms with Crippen molar-refractivity contribution in [3.05, 3.63) is 4.88 Å². The van der Waals surface area contributed by atoms with E-state index in [1.165, 1.54) is 24.2 Å². The predicted octanol–water partition coefficient (Wildman–Crippen LogP) is 2.50. The van der Waals surface area contributed by atoms with Gasteiger partial charge in [0, 0.05) is 6.04 Å². The van der Waals surface area contributed by atoms with Crippen LogP contribution in [-0.2, 0) is 0 Å². The number of thiophene rings is 1. The zero-order valence-corrected chi connectivity index (χ0v) is 9.47. The molecule has 0 saturated heterocycles. The third-order valence-electron chi connectivity index (χ3n) is 2.12. The van der Waals surface area contributed by atoms with Crippen LogP contribution in [0.4, 0.5) is 10.7 Å². The molecule has 0 aliphatic heterocycles. The van der Waals surface area contributed by atoms with Crippen LogP contribution < -0.4 is 11.1 Å². The number of thioether (sulfide) groups is 1. The highest BCUT2D eigenvalue weighted by molar-refractivity contribution is 7.99. The van der Waals surface area contributed by atoms with Crippen molar-refractivity contribution in [3.63, 3.8) is 0 Å². The first-order valence-corrected chi connectivity index (χ1v) is 6.43. The highest BCUT2D eigenvalue weighted by Crippen LogP contribution is 2.43. The van der Waals surface area contributed by atoms with Gasteiger partial charge in [0.1, 0.15) is 15.9 Å². The fourth-order valence-electron chi connectivity index (χ4n) is 1.22. The van der Waals surface area contributed by atoms with Gasteiger partial charge >= 0.3 is 0 Å². The van der Waals surface area contributed by atoms with Crippen LogP contribution in [0.2, 0.25) is 0 Å². The second kappa shape index (κ2) is 3.71. The number of nitrogens with one attached hydrogen (secondary N) is 1. The lowest BCUT2D eigenvalue weighted by molar-refractivity contribution is 1.16. The lowest BCUT2D eigenvalue weighted by Crippen LogP contribution is -1.99. The van der Waals surface area contributed by atoms with Gasteiger partial charge < -0.3 is 11.1 Å². The molecule has 1 saturated carbocycles. The minimum Gasteiger partial charge on any atom is -0.396 e. The van der Waals surface area contributed by atoms with Gasteiger partial charge in [-0.25, -0.2) is 0 Å². The fraction of sp³-hybridized carbons (Fsp3) is 0.444. The summed E-state index contributed by atoms with van der Waals surface area (Å²) in [4.78, 5) is 1.65. The first-order valence-electron chi connectivity index (χ1n) is 4.39. The van der Waals surface area contributed by atoms with Gasteiger partial charge in [-0.3, -0.25) is 0 Å². The number of hydrogen-bond donors (Lipinski definition) is 2. The summed E-state index contributed by atoms with van der Waals surface area (Å²) in [6, 6.07) is 2.73. The maximum atomic E-state index is 8.84. The number of nitrogens with zero attached hydrogens (tertiary/aromatic N) is 1. The molecule has 1 fully saturated rings. The van der Waals surface area contributed by atoms with Crippen molar-refractivity contribution < 1.29 is 0 Å². The van der Waals surface area contributed by atoms with Crippen molar-refractivity contribution in [3.8, 4) is 6.07 Å². The molecule has 0 spiro atoms. The van der Waals surface area contributed by atoms with Crippen LogP contribution in [-0.4, -0.2) is 12.3 Å². The molecule has 1 aliphatic carbocycles. The maximum Gasteiger partial charge on any atom is 0.131 e. The molecule has 3 N–H and O–H groups in total. The zero-order chi connectivity index (χ0) is 10.1. The van der Waals surface area contributed by atoms with E-state index in [0.717, 1.165) is 9.90 Å². The normalized spacial score (nSPS) is 15.1. The molecule has 1 aliphatic rings. The summed E-state index contributed by atoms with van der Waals surface area (Å²) in [5.41, 5.74) is 6.48. The molecular formula is C9H11N3S2. The monoisotopic (exact) mass is 225 g/mol. The van der Waals surface area contributed by atoms with Crippen molar-refractivity contribution in [2.24, 2.45) is 0 Å². The molecule has 74 valence electrons. The number of anilines is 2. The standard InChI is InChI=1S/C9H11N3S2/c1-13-8-7(11)6(4-10)14-9(8)12-5-2-3-5/h5,12H,2-3,11H2,1H3. The average molecular weight is 225 g/mol. The molecule has 3 nitrogen and oxygen atoms in total. The number of nitriles is 1. The van der Waals surface area contributed by atoms with Gasteiger partial charge in [-0.05, 0) is 19.1 Å². The largest absolute Gasteiger partial charge is 0.396 e. The van der Waals surface area contributed by atoms with E-state index in [4.69, 9.17) is 11.0 Å². The minimum atomic E-state index is 0.602. The Morgan fingerprint density at radius 1 is 1.64 bits per heavy atom. The van der Waals surface area contributed by atoms with Crippen molar-refractivity contribution in [2.75, 3.05) is 17.3 Å². The second-order valence-corrected chi connectivity index (χ2v) is 5.07. The molecule has 0 radical (unpaired) electrons. The summed E-state index contributed by atoms with van der Waals surface area (Å²) >= 11 is 3.06. The Kier molecular flexibility index (Phi) is 2.57. The highest BCUT2D eigenvalue weighted by Gasteiger charge is 2.24. The molecule has 0 amide bonds. The van der Waals surface area contributed by atoms with Crippen molar-refractivity contribution >= 4 is 33.8 Å². The summed E-state index contributed by atoms with van der Waals surface area (Å²) in [6.45, 7) is 0. The number of nitrogen functional groups attached to an aromatic ring is 1. The third-order valence-corrected chi connectivity index (χ3v) is 4.12. The fourth-order valence-corrected chi connectivity index (χ4v) is 3.12. The van der Waals surface area contributed by atoms with Crippen LogP contribution in [0.1, 0.15) is 17.7 Å². The Bertz CT molecular complexity index is 387. The molecule has 5 heteroatoms. The van der Waals surface area contributed by atoms with Crippen LogP contribution in [0.3, 0.4) is 0 Å². The van der Waals surface area contributed by atoms with Crippen LogP contribution in [0.5, 0.6) is 0 Å². The predicted molar refractivity (Wildman–Crippen MR) is 61.9 cm³/mol. The van der Waals surface area contributed by atoms with Gasteiger partial charge in [0.25, 0.3) is 0 Å². The smallest absolute Gasteiger partial charge is 0.131 e. The van der Waals surface area contributed by atoms with Crippen LogP contribution >= 0.6 is 23.1 Å². The van der Waals surface area contributed by atoms with E-state index in [-0.39, 0.29) is 0 Å². The van der Waals surface area contributed by atoms with Gasteiger partial charge in [-0.1, -0.05) is 0 Å². The second-order valence-electron chi connectivity index (χ2n) is 3.24. The Morgan fingerprint density at radius 2 is 2.36 bits per heavy atom. The average Bonchev–Trinajstić information content (AvgIpc) is 2.92. The lowest BCUT2D eigenvalue weighted by Gasteiger charge is -2.03. The van der Waals surface area contributed by atoms with Gasteiger partial charge in [-0.2, -0.15) is 5.26 Å². The van der Waals surface area contributed by atoms with Gasteiger partial charge in [0.2, 0.25) is 0 Å². The summed E-state index contributed by atoms with van der Waals surface area (Å²) in [5, 5.41) is 13.3. The first-order chi connectivity index (χ1) is 6.76. The van der Waals surface area contributed by atoms with E-state index in [9.17, 15) is 0 Å². The van der Waals surface area contributed by atoms with Gasteiger partial charge in [-0.15, -0.1) is 23.1 Å². The first kappa shape index (κ1) is 9.69. The molecular weight excluding hydrogens is 214 g/mol. The summed E-state index contributed by atoms with van der Waals surface area (Å²) in [7, 11) is 0. The number of nitrogens with two attached hydrogens (primary N) is 1.